The first-order valence-corrected chi connectivity index (χ1v) is 11.4. The number of hydrogen-bond acceptors (Lipinski definition) is 2. The third-order valence-electron chi connectivity index (χ3n) is 6.32. The lowest BCUT2D eigenvalue weighted by molar-refractivity contribution is -0.218. The number of allylic oxidation sites excluding steroid dienone is 1. The molecule has 2 nitrogen and oxygen atoms in total. The summed E-state index contributed by atoms with van der Waals surface area (Å²) in [6, 6.07) is 0. The molecule has 0 amide bonds. The van der Waals surface area contributed by atoms with Crippen molar-refractivity contribution in [1.29, 1.82) is 0 Å². The van der Waals surface area contributed by atoms with Gasteiger partial charge in [-0.15, -0.1) is 0 Å². The fourth-order valence-electron chi connectivity index (χ4n) is 5.30. The number of Topliss-reactive ketones (excluding diaryl/α,β-unsaturated/α-hetero) is 1. The van der Waals surface area contributed by atoms with Gasteiger partial charge in [-0.25, -0.2) is 0 Å². The van der Waals surface area contributed by atoms with E-state index in [0.717, 1.165) is 12.8 Å². The lowest BCUT2D eigenvalue weighted by Gasteiger charge is -2.70. The van der Waals surface area contributed by atoms with Crippen LogP contribution in [0.5, 0.6) is 0 Å². The summed E-state index contributed by atoms with van der Waals surface area (Å²) < 4.78 is 6.87. The van der Waals surface area contributed by atoms with Crippen LogP contribution in [0.1, 0.15) is 40.0 Å². The van der Waals surface area contributed by atoms with Crippen LogP contribution in [0.3, 0.4) is 0 Å². The van der Waals surface area contributed by atoms with Crippen LogP contribution in [0.2, 0.25) is 19.6 Å². The van der Waals surface area contributed by atoms with Crippen molar-refractivity contribution in [2.45, 2.75) is 65.3 Å². The summed E-state index contributed by atoms with van der Waals surface area (Å²) in [6.45, 7) is 13.8. The highest BCUT2D eigenvalue weighted by atomic mass is 28.4. The zero-order valence-corrected chi connectivity index (χ0v) is 14.7. The maximum absolute atomic E-state index is 12.4. The molecule has 4 bridgehead atoms. The van der Waals surface area contributed by atoms with Crippen LogP contribution in [-0.2, 0) is 9.22 Å². The molecule has 0 aromatic carbocycles. The lowest BCUT2D eigenvalue weighted by Crippen LogP contribution is -2.73. The first-order chi connectivity index (χ1) is 9.04. The number of ketones is 1. The van der Waals surface area contributed by atoms with E-state index in [0.29, 0.717) is 18.1 Å². The fraction of sp³-hybridized carbons (Fsp3) is 0.824. The molecular weight excluding hydrogens is 264 g/mol. The topological polar surface area (TPSA) is 26.3 Å². The summed E-state index contributed by atoms with van der Waals surface area (Å²) >= 11 is 0. The largest absolute Gasteiger partial charge is 0.411 e. The van der Waals surface area contributed by atoms with Gasteiger partial charge in [0.05, 0.1) is 5.60 Å². The molecule has 4 rings (SSSR count). The average Bonchev–Trinajstić information content (AvgIpc) is 2.29. The lowest BCUT2D eigenvalue weighted by atomic mass is 9.39. The second-order valence-corrected chi connectivity index (χ2v) is 13.2. The molecule has 0 spiro atoms. The third kappa shape index (κ3) is 1.57. The molecule has 0 heterocycles. The Kier molecular flexibility index (Phi) is 2.80. The highest BCUT2D eigenvalue weighted by molar-refractivity contribution is 6.69. The van der Waals surface area contributed by atoms with Crippen LogP contribution >= 0.6 is 0 Å². The van der Waals surface area contributed by atoms with Gasteiger partial charge < -0.3 is 4.43 Å². The van der Waals surface area contributed by atoms with Gasteiger partial charge in [0.25, 0.3) is 0 Å². The zero-order valence-electron chi connectivity index (χ0n) is 13.7. The van der Waals surface area contributed by atoms with Gasteiger partial charge in [-0.05, 0) is 43.8 Å². The first kappa shape index (κ1) is 14.5. The van der Waals surface area contributed by atoms with Gasteiger partial charge >= 0.3 is 0 Å². The Hall–Kier alpha value is -0.413. The van der Waals surface area contributed by atoms with Gasteiger partial charge in [-0.3, -0.25) is 4.79 Å². The van der Waals surface area contributed by atoms with Crippen molar-refractivity contribution >= 4 is 14.1 Å². The average molecular weight is 292 g/mol. The molecule has 112 valence electrons. The number of carbonyl (C=O) groups excluding carboxylic acids is 1. The maximum Gasteiger partial charge on any atom is 0.184 e. The van der Waals surface area contributed by atoms with Crippen LogP contribution in [0, 0.1) is 22.7 Å². The van der Waals surface area contributed by atoms with Gasteiger partial charge in [0, 0.05) is 17.8 Å². The van der Waals surface area contributed by atoms with E-state index < -0.39 is 8.32 Å². The Morgan fingerprint density at radius 3 is 2.50 bits per heavy atom. The Morgan fingerprint density at radius 2 is 1.90 bits per heavy atom. The smallest absolute Gasteiger partial charge is 0.184 e. The molecule has 0 aromatic heterocycles. The van der Waals surface area contributed by atoms with E-state index in [1.807, 2.05) is 0 Å². The molecule has 0 N–H and O–H groups in total. The number of rotatable bonds is 2. The molecule has 3 heteroatoms. The maximum atomic E-state index is 12.4. The standard InChI is InChI=1S/C17H28O2Si/c1-15(2)12-7-9-16(3)13(11-12)14(18)8-10-17(15,16)19-20(4,5)6/h7,9,12-13H,8,10-11H2,1-6H3. The van der Waals surface area contributed by atoms with E-state index in [1.54, 1.807) is 0 Å². The summed E-state index contributed by atoms with van der Waals surface area (Å²) in [6.07, 6.45) is 7.32. The highest BCUT2D eigenvalue weighted by Gasteiger charge is 2.70. The minimum Gasteiger partial charge on any atom is -0.411 e. The minimum atomic E-state index is -1.67. The summed E-state index contributed by atoms with van der Waals surface area (Å²) in [5.41, 5.74) is -0.143. The molecule has 2 fully saturated rings. The zero-order chi connectivity index (χ0) is 15.0. The summed E-state index contributed by atoms with van der Waals surface area (Å²) in [7, 11) is -1.67. The van der Waals surface area contributed by atoms with Crippen molar-refractivity contribution in [3.8, 4) is 0 Å². The summed E-state index contributed by atoms with van der Waals surface area (Å²) in [4.78, 5) is 12.4. The van der Waals surface area contributed by atoms with E-state index >= 15 is 0 Å². The van der Waals surface area contributed by atoms with E-state index in [2.05, 4.69) is 52.6 Å². The molecule has 4 unspecified atom stereocenters. The first-order valence-electron chi connectivity index (χ1n) is 7.96. The second-order valence-electron chi connectivity index (χ2n) is 8.77. The molecule has 4 aliphatic rings. The van der Waals surface area contributed by atoms with E-state index in [1.165, 1.54) is 0 Å². The van der Waals surface area contributed by atoms with Crippen molar-refractivity contribution in [3.05, 3.63) is 12.2 Å². The Balaban J connectivity index is 2.18. The van der Waals surface area contributed by atoms with Crippen LogP contribution < -0.4 is 0 Å². The van der Waals surface area contributed by atoms with Gasteiger partial charge in [0.2, 0.25) is 0 Å². The molecule has 20 heavy (non-hydrogen) atoms. The van der Waals surface area contributed by atoms with Gasteiger partial charge in [-0.1, -0.05) is 32.9 Å². The Bertz CT molecular complexity index is 488. The molecule has 0 aromatic rings. The Labute approximate surface area is 124 Å². The minimum absolute atomic E-state index is 0.110. The number of hydrogen-bond donors (Lipinski definition) is 0. The monoisotopic (exact) mass is 292 g/mol. The molecule has 0 aliphatic heterocycles. The quantitative estimate of drug-likeness (QED) is 0.564. The molecule has 0 saturated heterocycles. The van der Waals surface area contributed by atoms with Crippen molar-refractivity contribution < 1.29 is 9.22 Å². The van der Waals surface area contributed by atoms with Crippen LogP contribution in [-0.4, -0.2) is 19.7 Å². The van der Waals surface area contributed by atoms with Crippen LogP contribution in [0.4, 0.5) is 0 Å². The van der Waals surface area contributed by atoms with E-state index in [9.17, 15) is 4.79 Å². The van der Waals surface area contributed by atoms with Gasteiger partial charge in [0.15, 0.2) is 8.32 Å². The summed E-state index contributed by atoms with van der Waals surface area (Å²) in [5.74, 6) is 1.12. The Morgan fingerprint density at radius 1 is 1.25 bits per heavy atom. The van der Waals surface area contributed by atoms with E-state index in [-0.39, 0.29) is 22.3 Å². The predicted molar refractivity (Wildman–Crippen MR) is 84.0 cm³/mol. The second kappa shape index (κ2) is 3.86. The SMILES string of the molecule is CC1(C)C2C=CC3(C)C(C2)C(=O)CCC13O[Si](C)(C)C. The van der Waals surface area contributed by atoms with Crippen molar-refractivity contribution in [1.82, 2.24) is 0 Å². The van der Waals surface area contributed by atoms with Crippen LogP contribution in [0.25, 0.3) is 0 Å². The van der Waals surface area contributed by atoms with Crippen LogP contribution in [0.15, 0.2) is 12.2 Å². The van der Waals surface area contributed by atoms with Crippen molar-refractivity contribution in [3.63, 3.8) is 0 Å². The predicted octanol–water partition coefficient (Wildman–Crippen LogP) is 4.18. The molecule has 4 atom stereocenters. The molecule has 0 radical (unpaired) electrons. The summed E-state index contributed by atoms with van der Waals surface area (Å²) in [5, 5.41) is 0. The number of carbonyl (C=O) groups is 1. The molecular formula is C17H28O2Si. The molecule has 2 saturated carbocycles. The van der Waals surface area contributed by atoms with Gasteiger partial charge in [-0.2, -0.15) is 0 Å². The highest BCUT2D eigenvalue weighted by Crippen LogP contribution is 2.69. The van der Waals surface area contributed by atoms with Crippen molar-refractivity contribution in [2.24, 2.45) is 22.7 Å². The van der Waals surface area contributed by atoms with Gasteiger partial charge in [0.1, 0.15) is 5.78 Å². The van der Waals surface area contributed by atoms with Crippen molar-refractivity contribution in [2.75, 3.05) is 0 Å². The third-order valence-corrected chi connectivity index (χ3v) is 7.28. The van der Waals surface area contributed by atoms with E-state index in [4.69, 9.17) is 4.43 Å². The fourth-order valence-corrected chi connectivity index (χ4v) is 6.93. The molecule has 4 aliphatic carbocycles. The normalized spacial score (nSPS) is 45.8.